The molecule has 9 nitrogen and oxygen atoms in total. The van der Waals surface area contributed by atoms with Gasteiger partial charge >= 0.3 is 47.5 Å². The fourth-order valence-corrected chi connectivity index (χ4v) is 0.714. The predicted molar refractivity (Wildman–Crippen MR) is 44.3 cm³/mol. The summed E-state index contributed by atoms with van der Waals surface area (Å²) in [6.07, 6.45) is -2.29. The Kier molecular flexibility index (Phi) is 21.3. The number of rotatable bonds is 5. The van der Waals surface area contributed by atoms with Gasteiger partial charge in [-0.05, 0) is 0 Å². The average Bonchev–Trinajstić information content (AvgIpc) is 1.82. The van der Waals surface area contributed by atoms with E-state index in [1.54, 1.807) is 0 Å². The van der Waals surface area contributed by atoms with Crippen molar-refractivity contribution in [2.45, 2.75) is 18.4 Å². The molecule has 0 unspecified atom stereocenters. The van der Waals surface area contributed by atoms with E-state index in [4.69, 9.17) is 20.4 Å². The summed E-state index contributed by atoms with van der Waals surface area (Å²) in [6.45, 7) is 0. The first-order chi connectivity index (χ1) is 5.78. The van der Waals surface area contributed by atoms with Gasteiger partial charge < -0.3 is 43.8 Å². The first-order valence-electron chi connectivity index (χ1n) is 3.17. The summed E-state index contributed by atoms with van der Waals surface area (Å²) in [6, 6.07) is 0. The SMILES string of the molecule is O.O.O=C(O)CC(O)(CC(=O)O)C(=O)O.[Cl-].[Na+]. The van der Waals surface area contributed by atoms with Crippen molar-refractivity contribution in [3.8, 4) is 0 Å². The van der Waals surface area contributed by atoms with Gasteiger partial charge in [0.05, 0.1) is 12.8 Å². The van der Waals surface area contributed by atoms with Crippen LogP contribution < -0.4 is 42.0 Å². The van der Waals surface area contributed by atoms with Gasteiger partial charge in [-0.2, -0.15) is 0 Å². The molecule has 0 aliphatic rings. The van der Waals surface area contributed by atoms with Gasteiger partial charge in [0.2, 0.25) is 0 Å². The number of carbonyl (C=O) groups is 3. The van der Waals surface area contributed by atoms with Crippen molar-refractivity contribution in [1.29, 1.82) is 0 Å². The third-order valence-corrected chi connectivity index (χ3v) is 1.29. The first-order valence-corrected chi connectivity index (χ1v) is 3.17. The third-order valence-electron chi connectivity index (χ3n) is 1.29. The third kappa shape index (κ3) is 11.8. The summed E-state index contributed by atoms with van der Waals surface area (Å²) in [7, 11) is 0. The maximum absolute atomic E-state index is 10.3. The van der Waals surface area contributed by atoms with E-state index < -0.39 is 36.4 Å². The summed E-state index contributed by atoms with van der Waals surface area (Å²) >= 11 is 0. The van der Waals surface area contributed by atoms with E-state index in [1.807, 2.05) is 0 Å². The van der Waals surface area contributed by atoms with Crippen LogP contribution in [0.15, 0.2) is 0 Å². The molecular formula is C6H12ClNaO9. The molecule has 0 aliphatic carbocycles. The van der Waals surface area contributed by atoms with E-state index in [-0.39, 0.29) is 52.9 Å². The van der Waals surface area contributed by atoms with Crippen LogP contribution in [-0.4, -0.2) is 54.9 Å². The van der Waals surface area contributed by atoms with Crippen LogP contribution in [0.1, 0.15) is 12.8 Å². The molecule has 0 radical (unpaired) electrons. The molecule has 98 valence electrons. The summed E-state index contributed by atoms with van der Waals surface area (Å²) < 4.78 is 0. The fraction of sp³-hybridized carbons (Fsp3) is 0.500. The Balaban J connectivity index is -0.000000120. The van der Waals surface area contributed by atoms with Crippen LogP contribution >= 0.6 is 0 Å². The summed E-state index contributed by atoms with van der Waals surface area (Å²) in [4.78, 5) is 30.5. The van der Waals surface area contributed by atoms with Crippen LogP contribution in [0.4, 0.5) is 0 Å². The minimum Gasteiger partial charge on any atom is -1.00 e. The Morgan fingerprint density at radius 1 is 0.882 bits per heavy atom. The van der Waals surface area contributed by atoms with E-state index in [0.29, 0.717) is 0 Å². The van der Waals surface area contributed by atoms with Crippen molar-refractivity contribution in [1.82, 2.24) is 0 Å². The average molecular weight is 287 g/mol. The molecule has 17 heavy (non-hydrogen) atoms. The molecule has 0 saturated carbocycles. The van der Waals surface area contributed by atoms with Gasteiger partial charge in [0.25, 0.3) is 0 Å². The van der Waals surface area contributed by atoms with Crippen molar-refractivity contribution < 1.29 is 87.7 Å². The van der Waals surface area contributed by atoms with Gasteiger partial charge in [-0.15, -0.1) is 0 Å². The normalized spacial score (nSPS) is 8.29. The Labute approximate surface area is 124 Å². The minimum atomic E-state index is -2.74. The van der Waals surface area contributed by atoms with E-state index in [2.05, 4.69) is 0 Å². The Hall–Kier alpha value is -0.420. The fourth-order valence-electron chi connectivity index (χ4n) is 0.714. The summed E-state index contributed by atoms with van der Waals surface area (Å²) in [5, 5.41) is 33.8. The number of hydrogen-bond donors (Lipinski definition) is 4. The number of halogens is 1. The van der Waals surface area contributed by atoms with Gasteiger partial charge in [-0.3, -0.25) is 9.59 Å². The van der Waals surface area contributed by atoms with Crippen molar-refractivity contribution >= 4 is 17.9 Å². The van der Waals surface area contributed by atoms with Gasteiger partial charge in [0.15, 0.2) is 5.60 Å². The number of hydrogen-bond acceptors (Lipinski definition) is 4. The molecule has 11 heteroatoms. The molecule has 0 aromatic carbocycles. The molecule has 0 fully saturated rings. The van der Waals surface area contributed by atoms with Crippen LogP contribution in [0.2, 0.25) is 0 Å². The molecule has 0 atom stereocenters. The van der Waals surface area contributed by atoms with Gasteiger partial charge in [0.1, 0.15) is 0 Å². The van der Waals surface area contributed by atoms with Crippen LogP contribution in [0.5, 0.6) is 0 Å². The quantitative estimate of drug-likeness (QED) is 0.360. The van der Waals surface area contributed by atoms with Crippen molar-refractivity contribution in [3.63, 3.8) is 0 Å². The molecule has 0 saturated heterocycles. The zero-order valence-electron chi connectivity index (χ0n) is 8.81. The Morgan fingerprint density at radius 3 is 1.24 bits per heavy atom. The second-order valence-electron chi connectivity index (χ2n) is 2.48. The van der Waals surface area contributed by atoms with Crippen molar-refractivity contribution in [2.75, 3.05) is 0 Å². The van der Waals surface area contributed by atoms with Crippen molar-refractivity contribution in [3.05, 3.63) is 0 Å². The van der Waals surface area contributed by atoms with Crippen LogP contribution in [0, 0.1) is 0 Å². The van der Waals surface area contributed by atoms with E-state index in [9.17, 15) is 14.4 Å². The summed E-state index contributed by atoms with van der Waals surface area (Å²) in [5.74, 6) is -5.02. The molecule has 0 spiro atoms. The number of aliphatic carboxylic acids is 3. The maximum atomic E-state index is 10.3. The Bertz CT molecular complexity index is 240. The molecule has 0 rings (SSSR count). The van der Waals surface area contributed by atoms with Crippen LogP contribution in [-0.2, 0) is 14.4 Å². The second kappa shape index (κ2) is 12.0. The molecule has 0 aromatic rings. The standard InChI is InChI=1S/C6H8O7.ClH.Na.2H2O/c7-3(8)1-6(13,5(11)12)2-4(9)10;;;;/h13H,1-2H2,(H,7,8)(H,9,10)(H,11,12);1H;;2*1H2/q;;+1;;/p-1. The molecular weight excluding hydrogens is 274 g/mol. The number of carboxylic acids is 3. The molecule has 0 aromatic heterocycles. The molecule has 0 amide bonds. The second-order valence-corrected chi connectivity index (χ2v) is 2.48. The molecule has 0 heterocycles. The zero-order valence-corrected chi connectivity index (χ0v) is 11.6. The molecule has 0 aliphatic heterocycles. The maximum Gasteiger partial charge on any atom is 1.00 e. The van der Waals surface area contributed by atoms with Gasteiger partial charge in [-0.1, -0.05) is 0 Å². The van der Waals surface area contributed by atoms with Crippen molar-refractivity contribution in [2.24, 2.45) is 0 Å². The predicted octanol–water partition coefficient (Wildman–Crippen LogP) is -8.89. The van der Waals surface area contributed by atoms with E-state index in [1.165, 1.54) is 0 Å². The zero-order chi connectivity index (χ0) is 10.6. The summed E-state index contributed by atoms with van der Waals surface area (Å²) in [5.41, 5.74) is -2.74. The topological polar surface area (TPSA) is 195 Å². The van der Waals surface area contributed by atoms with Gasteiger partial charge in [0, 0.05) is 0 Å². The first kappa shape index (κ1) is 30.0. The number of aliphatic hydroxyl groups is 1. The smallest absolute Gasteiger partial charge is 1.00 e. The van der Waals surface area contributed by atoms with E-state index >= 15 is 0 Å². The van der Waals surface area contributed by atoms with Crippen LogP contribution in [0.25, 0.3) is 0 Å². The van der Waals surface area contributed by atoms with Crippen LogP contribution in [0.3, 0.4) is 0 Å². The molecule has 0 bridgehead atoms. The molecule has 8 N–H and O–H groups in total. The monoisotopic (exact) mass is 286 g/mol. The number of carboxylic acid groups (broad SMARTS) is 3. The van der Waals surface area contributed by atoms with E-state index in [0.717, 1.165) is 0 Å². The minimum absolute atomic E-state index is 0. The largest absolute Gasteiger partial charge is 1.00 e. The Morgan fingerprint density at radius 2 is 1.12 bits per heavy atom. The van der Waals surface area contributed by atoms with Gasteiger partial charge in [-0.25, -0.2) is 4.79 Å².